The van der Waals surface area contributed by atoms with Crippen LogP contribution in [0.4, 0.5) is 0 Å². The summed E-state index contributed by atoms with van der Waals surface area (Å²) in [4.78, 5) is 23.0. The van der Waals surface area contributed by atoms with Gasteiger partial charge in [0, 0.05) is 13.7 Å². The zero-order valence-electron chi connectivity index (χ0n) is 10.7. The third-order valence-electron chi connectivity index (χ3n) is 3.02. The first-order valence-electron chi connectivity index (χ1n) is 6.24. The number of methoxy groups -OCH3 is 1. The average Bonchev–Trinajstić information content (AvgIpc) is 2.37. The Morgan fingerprint density at radius 3 is 2.56 bits per heavy atom. The molecule has 0 aliphatic heterocycles. The molecule has 1 fully saturated rings. The van der Waals surface area contributed by atoms with Crippen LogP contribution >= 0.6 is 0 Å². The minimum atomic E-state index is -1.40. The van der Waals surface area contributed by atoms with E-state index >= 15 is 0 Å². The van der Waals surface area contributed by atoms with Crippen molar-refractivity contribution in [2.45, 2.75) is 37.7 Å². The molecule has 1 rings (SSSR count). The fourth-order valence-corrected chi connectivity index (χ4v) is 1.95. The largest absolute Gasteiger partial charge is 0.453 e. The van der Waals surface area contributed by atoms with Gasteiger partial charge in [-0.05, 0) is 25.7 Å². The molecule has 104 valence electrons. The van der Waals surface area contributed by atoms with Gasteiger partial charge in [0.05, 0.1) is 6.61 Å². The van der Waals surface area contributed by atoms with E-state index in [1.54, 1.807) is 0 Å². The SMILES string of the molecule is COCCNC(=O)COC(=O)C1(O)CCCCC1. The van der Waals surface area contributed by atoms with Gasteiger partial charge >= 0.3 is 5.97 Å². The molecule has 0 radical (unpaired) electrons. The molecule has 18 heavy (non-hydrogen) atoms. The number of rotatable bonds is 6. The number of aliphatic hydroxyl groups is 1. The summed E-state index contributed by atoms with van der Waals surface area (Å²) in [5, 5.41) is 12.6. The zero-order chi connectivity index (χ0) is 13.4. The molecule has 0 bridgehead atoms. The second kappa shape index (κ2) is 7.33. The van der Waals surface area contributed by atoms with E-state index in [1.165, 1.54) is 7.11 Å². The maximum Gasteiger partial charge on any atom is 0.338 e. The Kier molecular flexibility index (Phi) is 6.07. The first kappa shape index (κ1) is 14.9. The third kappa shape index (κ3) is 4.62. The number of amides is 1. The van der Waals surface area contributed by atoms with E-state index in [0.717, 1.165) is 19.3 Å². The number of ether oxygens (including phenoxy) is 2. The van der Waals surface area contributed by atoms with Gasteiger partial charge in [0.2, 0.25) is 0 Å². The summed E-state index contributed by atoms with van der Waals surface area (Å²) in [6.07, 6.45) is 3.47. The van der Waals surface area contributed by atoms with Crippen molar-refractivity contribution in [1.29, 1.82) is 0 Å². The van der Waals surface area contributed by atoms with E-state index in [2.05, 4.69) is 5.32 Å². The molecule has 0 spiro atoms. The minimum absolute atomic E-state index is 0.356. The van der Waals surface area contributed by atoms with Crippen molar-refractivity contribution in [3.63, 3.8) is 0 Å². The lowest BCUT2D eigenvalue weighted by atomic mass is 9.85. The van der Waals surface area contributed by atoms with E-state index in [4.69, 9.17) is 9.47 Å². The van der Waals surface area contributed by atoms with Gasteiger partial charge in [-0.3, -0.25) is 4.79 Å². The summed E-state index contributed by atoms with van der Waals surface area (Å²) in [5.41, 5.74) is -1.40. The summed E-state index contributed by atoms with van der Waals surface area (Å²) < 4.78 is 9.60. The lowest BCUT2D eigenvalue weighted by Crippen LogP contribution is -2.43. The van der Waals surface area contributed by atoms with Crippen molar-refractivity contribution in [2.24, 2.45) is 0 Å². The molecule has 6 nitrogen and oxygen atoms in total. The average molecular weight is 259 g/mol. The van der Waals surface area contributed by atoms with Crippen LogP contribution in [0.15, 0.2) is 0 Å². The standard InChI is InChI=1S/C12H21NO5/c1-17-8-7-13-10(14)9-18-11(15)12(16)5-3-2-4-6-12/h16H,2-9H2,1H3,(H,13,14). The predicted molar refractivity (Wildman–Crippen MR) is 63.9 cm³/mol. The van der Waals surface area contributed by atoms with Crippen LogP contribution in [-0.2, 0) is 19.1 Å². The number of hydrogen-bond acceptors (Lipinski definition) is 5. The highest BCUT2D eigenvalue weighted by molar-refractivity contribution is 5.84. The Morgan fingerprint density at radius 1 is 1.28 bits per heavy atom. The Balaban J connectivity index is 2.25. The first-order chi connectivity index (χ1) is 8.58. The van der Waals surface area contributed by atoms with Crippen LogP contribution in [-0.4, -0.2) is 49.5 Å². The summed E-state index contributed by atoms with van der Waals surface area (Å²) in [7, 11) is 1.53. The van der Waals surface area contributed by atoms with Gasteiger partial charge < -0.3 is 19.9 Å². The summed E-state index contributed by atoms with van der Waals surface area (Å²) >= 11 is 0. The van der Waals surface area contributed by atoms with Crippen molar-refractivity contribution in [1.82, 2.24) is 5.32 Å². The van der Waals surface area contributed by atoms with Gasteiger partial charge in [-0.15, -0.1) is 0 Å². The van der Waals surface area contributed by atoms with Gasteiger partial charge in [0.15, 0.2) is 12.2 Å². The molecule has 0 aromatic rings. The minimum Gasteiger partial charge on any atom is -0.453 e. The van der Waals surface area contributed by atoms with E-state index in [-0.39, 0.29) is 12.5 Å². The zero-order valence-corrected chi connectivity index (χ0v) is 10.7. The Labute approximate surface area is 107 Å². The number of carbonyl (C=O) groups is 2. The van der Waals surface area contributed by atoms with Crippen molar-refractivity contribution in [3.05, 3.63) is 0 Å². The van der Waals surface area contributed by atoms with E-state index in [1.807, 2.05) is 0 Å². The molecule has 0 aromatic carbocycles. The Morgan fingerprint density at radius 2 is 1.94 bits per heavy atom. The molecule has 6 heteroatoms. The maximum absolute atomic E-state index is 11.7. The molecule has 1 amide bonds. The summed E-state index contributed by atoms with van der Waals surface area (Å²) in [5.74, 6) is -1.08. The number of hydrogen-bond donors (Lipinski definition) is 2. The molecular formula is C12H21NO5. The number of esters is 1. The van der Waals surface area contributed by atoms with Crippen molar-refractivity contribution in [2.75, 3.05) is 26.9 Å². The third-order valence-corrected chi connectivity index (χ3v) is 3.02. The van der Waals surface area contributed by atoms with Crippen LogP contribution in [0.5, 0.6) is 0 Å². The molecule has 0 heterocycles. The fraction of sp³-hybridized carbons (Fsp3) is 0.833. The van der Waals surface area contributed by atoms with E-state index < -0.39 is 11.6 Å². The molecular weight excluding hydrogens is 238 g/mol. The van der Waals surface area contributed by atoms with Crippen LogP contribution in [0.25, 0.3) is 0 Å². The van der Waals surface area contributed by atoms with E-state index in [9.17, 15) is 14.7 Å². The predicted octanol–water partition coefficient (Wildman–Crippen LogP) is -0.0126. The topological polar surface area (TPSA) is 84.9 Å². The van der Waals surface area contributed by atoms with Crippen LogP contribution in [0, 0.1) is 0 Å². The summed E-state index contributed by atoms with van der Waals surface area (Å²) in [6.45, 7) is 0.422. The van der Waals surface area contributed by atoms with Gasteiger partial charge in [-0.2, -0.15) is 0 Å². The Bertz CT molecular complexity index is 286. The van der Waals surface area contributed by atoms with Crippen molar-refractivity contribution < 1.29 is 24.2 Å². The van der Waals surface area contributed by atoms with Crippen LogP contribution in [0.1, 0.15) is 32.1 Å². The highest BCUT2D eigenvalue weighted by atomic mass is 16.6. The van der Waals surface area contributed by atoms with Gasteiger partial charge in [-0.25, -0.2) is 4.79 Å². The molecule has 0 atom stereocenters. The van der Waals surface area contributed by atoms with Gasteiger partial charge in [-0.1, -0.05) is 6.42 Å². The first-order valence-corrected chi connectivity index (χ1v) is 6.24. The second-order valence-corrected chi connectivity index (χ2v) is 4.51. The fourth-order valence-electron chi connectivity index (χ4n) is 1.95. The van der Waals surface area contributed by atoms with E-state index in [0.29, 0.717) is 26.0 Å². The van der Waals surface area contributed by atoms with Crippen LogP contribution in [0.2, 0.25) is 0 Å². The normalized spacial score (nSPS) is 18.1. The second-order valence-electron chi connectivity index (χ2n) is 4.51. The van der Waals surface area contributed by atoms with Gasteiger partial charge in [0.1, 0.15) is 0 Å². The molecule has 1 aliphatic carbocycles. The number of carbonyl (C=O) groups excluding carboxylic acids is 2. The highest BCUT2D eigenvalue weighted by Gasteiger charge is 2.38. The molecule has 1 saturated carbocycles. The maximum atomic E-state index is 11.7. The molecule has 0 aromatic heterocycles. The van der Waals surface area contributed by atoms with Crippen LogP contribution in [0.3, 0.4) is 0 Å². The lowest BCUT2D eigenvalue weighted by Gasteiger charge is -2.29. The number of nitrogens with one attached hydrogen (secondary N) is 1. The monoisotopic (exact) mass is 259 g/mol. The lowest BCUT2D eigenvalue weighted by molar-refractivity contribution is -0.170. The molecule has 0 unspecified atom stereocenters. The van der Waals surface area contributed by atoms with Crippen molar-refractivity contribution in [3.8, 4) is 0 Å². The molecule has 1 aliphatic rings. The quantitative estimate of drug-likeness (QED) is 0.517. The van der Waals surface area contributed by atoms with Gasteiger partial charge in [0.25, 0.3) is 5.91 Å². The molecule has 0 saturated heterocycles. The Hall–Kier alpha value is -1.14. The smallest absolute Gasteiger partial charge is 0.338 e. The highest BCUT2D eigenvalue weighted by Crippen LogP contribution is 2.28. The van der Waals surface area contributed by atoms with Crippen molar-refractivity contribution >= 4 is 11.9 Å². The summed E-state index contributed by atoms with van der Waals surface area (Å²) in [6, 6.07) is 0. The van der Waals surface area contributed by atoms with Crippen LogP contribution < -0.4 is 5.32 Å². The molecule has 2 N–H and O–H groups in total.